The van der Waals surface area contributed by atoms with Gasteiger partial charge in [0.1, 0.15) is 5.75 Å². The standard InChI is InChI=1S/C21H23BrN2O3/c1-4-18-17-10-14(21(25)26)5-7-19(17)24(23-18)11-15-9-16(22)6-8-20(15)27-12-13(2)3/h5-10,13H,4,11-12H2,1-3H3,(H,25,26). The molecule has 1 aromatic heterocycles. The van der Waals surface area contributed by atoms with Crippen LogP contribution >= 0.6 is 15.9 Å². The van der Waals surface area contributed by atoms with Crippen LogP contribution in [0.4, 0.5) is 0 Å². The van der Waals surface area contributed by atoms with Crippen LogP contribution < -0.4 is 4.74 Å². The van der Waals surface area contributed by atoms with E-state index in [1.807, 2.05) is 35.9 Å². The van der Waals surface area contributed by atoms with Crippen molar-refractivity contribution in [3.05, 3.63) is 57.7 Å². The Morgan fingerprint density at radius 1 is 1.26 bits per heavy atom. The molecule has 6 heteroatoms. The minimum atomic E-state index is -0.928. The highest BCUT2D eigenvalue weighted by Crippen LogP contribution is 2.27. The van der Waals surface area contributed by atoms with Gasteiger partial charge in [0.2, 0.25) is 0 Å². The van der Waals surface area contributed by atoms with Gasteiger partial charge in [-0.2, -0.15) is 5.10 Å². The predicted molar refractivity (Wildman–Crippen MR) is 110 cm³/mol. The third-order valence-electron chi connectivity index (χ3n) is 4.32. The largest absolute Gasteiger partial charge is 0.493 e. The van der Waals surface area contributed by atoms with E-state index in [0.29, 0.717) is 19.1 Å². The molecule has 0 aliphatic heterocycles. The molecule has 2 aromatic carbocycles. The summed E-state index contributed by atoms with van der Waals surface area (Å²) in [5.41, 5.74) is 3.12. The van der Waals surface area contributed by atoms with E-state index in [0.717, 1.165) is 38.8 Å². The molecule has 3 aromatic rings. The van der Waals surface area contributed by atoms with Crippen molar-refractivity contribution >= 4 is 32.8 Å². The van der Waals surface area contributed by atoms with Crippen LogP contribution in [0.15, 0.2) is 40.9 Å². The predicted octanol–water partition coefficient (Wildman–Crippen LogP) is 5.14. The number of carboxylic acids is 1. The minimum absolute atomic E-state index is 0.278. The molecular weight excluding hydrogens is 408 g/mol. The summed E-state index contributed by atoms with van der Waals surface area (Å²) in [4.78, 5) is 11.3. The second kappa shape index (κ2) is 8.13. The molecule has 0 fully saturated rings. The SMILES string of the molecule is CCc1nn(Cc2cc(Br)ccc2OCC(C)C)c2ccc(C(=O)O)cc12. The highest BCUT2D eigenvalue weighted by molar-refractivity contribution is 9.10. The molecule has 1 heterocycles. The van der Waals surface area contributed by atoms with Crippen LogP contribution in [0.1, 0.15) is 42.4 Å². The Balaban J connectivity index is 2.02. The van der Waals surface area contributed by atoms with Crippen molar-refractivity contribution in [2.75, 3.05) is 6.61 Å². The summed E-state index contributed by atoms with van der Waals surface area (Å²) in [6.07, 6.45) is 0.738. The number of ether oxygens (including phenoxy) is 1. The molecule has 0 saturated heterocycles. The molecule has 0 atom stereocenters. The van der Waals surface area contributed by atoms with E-state index < -0.39 is 5.97 Å². The Kier molecular flexibility index (Phi) is 5.85. The topological polar surface area (TPSA) is 64.4 Å². The summed E-state index contributed by atoms with van der Waals surface area (Å²) < 4.78 is 8.88. The van der Waals surface area contributed by atoms with E-state index in [-0.39, 0.29) is 5.56 Å². The number of carbonyl (C=O) groups is 1. The lowest BCUT2D eigenvalue weighted by Gasteiger charge is -2.14. The first kappa shape index (κ1) is 19.4. The first-order chi connectivity index (χ1) is 12.9. The smallest absolute Gasteiger partial charge is 0.335 e. The lowest BCUT2D eigenvalue weighted by atomic mass is 10.1. The van der Waals surface area contributed by atoms with Crippen LogP contribution in [0.2, 0.25) is 0 Å². The fourth-order valence-corrected chi connectivity index (χ4v) is 3.40. The van der Waals surface area contributed by atoms with E-state index in [1.54, 1.807) is 12.1 Å². The molecule has 5 nitrogen and oxygen atoms in total. The molecule has 142 valence electrons. The van der Waals surface area contributed by atoms with Gasteiger partial charge in [0.15, 0.2) is 0 Å². The number of aromatic carboxylic acids is 1. The third kappa shape index (κ3) is 4.33. The highest BCUT2D eigenvalue weighted by Gasteiger charge is 2.15. The minimum Gasteiger partial charge on any atom is -0.493 e. The molecule has 3 rings (SSSR count). The second-order valence-electron chi connectivity index (χ2n) is 6.95. The molecule has 0 radical (unpaired) electrons. The summed E-state index contributed by atoms with van der Waals surface area (Å²) in [6, 6.07) is 11.1. The Bertz CT molecular complexity index is 979. The maximum atomic E-state index is 11.3. The van der Waals surface area contributed by atoms with Crippen molar-refractivity contribution in [3.8, 4) is 5.75 Å². The quantitative estimate of drug-likeness (QED) is 0.563. The van der Waals surface area contributed by atoms with Crippen LogP contribution in [-0.2, 0) is 13.0 Å². The number of hydrogen-bond acceptors (Lipinski definition) is 3. The fourth-order valence-electron chi connectivity index (χ4n) is 2.99. The Morgan fingerprint density at radius 3 is 2.70 bits per heavy atom. The van der Waals surface area contributed by atoms with Gasteiger partial charge in [-0.25, -0.2) is 4.79 Å². The highest BCUT2D eigenvalue weighted by atomic mass is 79.9. The number of aryl methyl sites for hydroxylation is 1. The first-order valence-corrected chi connectivity index (χ1v) is 9.82. The zero-order valence-corrected chi connectivity index (χ0v) is 17.3. The average molecular weight is 431 g/mol. The Labute approximate surface area is 167 Å². The molecule has 1 N–H and O–H groups in total. The number of fused-ring (bicyclic) bond motifs is 1. The van der Waals surface area contributed by atoms with Gasteiger partial charge in [0.25, 0.3) is 0 Å². The number of nitrogens with zero attached hydrogens (tertiary/aromatic N) is 2. The third-order valence-corrected chi connectivity index (χ3v) is 4.82. The van der Waals surface area contributed by atoms with Gasteiger partial charge in [-0.3, -0.25) is 4.68 Å². The maximum absolute atomic E-state index is 11.3. The number of halogens is 1. The molecule has 0 spiro atoms. The van der Waals surface area contributed by atoms with E-state index in [2.05, 4.69) is 29.8 Å². The Hall–Kier alpha value is -2.34. The summed E-state index contributed by atoms with van der Waals surface area (Å²) in [5.74, 6) is 0.354. The van der Waals surface area contributed by atoms with Crippen molar-refractivity contribution in [2.45, 2.75) is 33.7 Å². The molecule has 0 aliphatic rings. The summed E-state index contributed by atoms with van der Waals surface area (Å²) in [6.45, 7) is 7.46. The number of rotatable bonds is 7. The van der Waals surface area contributed by atoms with E-state index >= 15 is 0 Å². The van der Waals surface area contributed by atoms with Crippen molar-refractivity contribution in [2.24, 2.45) is 5.92 Å². The van der Waals surface area contributed by atoms with Gasteiger partial charge in [-0.15, -0.1) is 0 Å². The van der Waals surface area contributed by atoms with Crippen LogP contribution in [0.25, 0.3) is 10.9 Å². The van der Waals surface area contributed by atoms with Crippen molar-refractivity contribution in [1.29, 1.82) is 0 Å². The van der Waals surface area contributed by atoms with Crippen LogP contribution in [0.5, 0.6) is 5.75 Å². The maximum Gasteiger partial charge on any atom is 0.335 e. The molecular formula is C21H23BrN2O3. The number of hydrogen-bond donors (Lipinski definition) is 1. The van der Waals surface area contributed by atoms with Crippen molar-refractivity contribution in [1.82, 2.24) is 9.78 Å². The van der Waals surface area contributed by atoms with Gasteiger partial charge in [-0.1, -0.05) is 36.7 Å². The van der Waals surface area contributed by atoms with E-state index in [1.165, 1.54) is 0 Å². The Morgan fingerprint density at radius 2 is 2.04 bits per heavy atom. The van der Waals surface area contributed by atoms with E-state index in [9.17, 15) is 9.90 Å². The van der Waals surface area contributed by atoms with Crippen LogP contribution in [0, 0.1) is 5.92 Å². The molecule has 0 saturated carbocycles. The summed E-state index contributed by atoms with van der Waals surface area (Å²) in [7, 11) is 0. The monoisotopic (exact) mass is 430 g/mol. The summed E-state index contributed by atoms with van der Waals surface area (Å²) >= 11 is 3.53. The zero-order chi connectivity index (χ0) is 19.6. The average Bonchev–Trinajstić information content (AvgIpc) is 2.98. The molecule has 0 bridgehead atoms. The van der Waals surface area contributed by atoms with Gasteiger partial charge in [-0.05, 0) is 48.7 Å². The lowest BCUT2D eigenvalue weighted by molar-refractivity contribution is 0.0697. The van der Waals surface area contributed by atoms with Gasteiger partial charge < -0.3 is 9.84 Å². The molecule has 27 heavy (non-hydrogen) atoms. The lowest BCUT2D eigenvalue weighted by Crippen LogP contribution is -2.09. The normalized spacial score (nSPS) is 11.3. The van der Waals surface area contributed by atoms with Gasteiger partial charge >= 0.3 is 5.97 Å². The summed E-state index contributed by atoms with van der Waals surface area (Å²) in [5, 5.41) is 14.9. The van der Waals surface area contributed by atoms with Crippen molar-refractivity contribution < 1.29 is 14.6 Å². The number of aromatic nitrogens is 2. The van der Waals surface area contributed by atoms with E-state index in [4.69, 9.17) is 9.84 Å². The molecule has 0 aliphatic carbocycles. The van der Waals surface area contributed by atoms with Crippen LogP contribution in [-0.4, -0.2) is 27.5 Å². The second-order valence-corrected chi connectivity index (χ2v) is 7.87. The fraction of sp³-hybridized carbons (Fsp3) is 0.333. The van der Waals surface area contributed by atoms with Crippen molar-refractivity contribution in [3.63, 3.8) is 0 Å². The zero-order valence-electron chi connectivity index (χ0n) is 15.7. The number of benzene rings is 2. The molecule has 0 unspecified atom stereocenters. The van der Waals surface area contributed by atoms with Crippen LogP contribution in [0.3, 0.4) is 0 Å². The first-order valence-electron chi connectivity index (χ1n) is 9.03. The van der Waals surface area contributed by atoms with Gasteiger partial charge in [0, 0.05) is 15.4 Å². The molecule has 0 amide bonds. The number of carboxylic acid groups (broad SMARTS) is 1. The van der Waals surface area contributed by atoms with Gasteiger partial charge in [0.05, 0.1) is 29.9 Å².